The summed E-state index contributed by atoms with van der Waals surface area (Å²) in [4.78, 5) is 27.7. The van der Waals surface area contributed by atoms with Crippen LogP contribution in [-0.2, 0) is 11.3 Å². The van der Waals surface area contributed by atoms with E-state index in [1.807, 2.05) is 47.1 Å². The second-order valence-electron chi connectivity index (χ2n) is 10.1. The molecule has 8 heteroatoms. The molecule has 2 aromatic rings. The molecular formula is C30H39N3O5. The smallest absolute Gasteiger partial charge is 0.325 e. The van der Waals surface area contributed by atoms with Gasteiger partial charge in [-0.3, -0.25) is 9.69 Å². The van der Waals surface area contributed by atoms with E-state index in [4.69, 9.17) is 14.2 Å². The van der Waals surface area contributed by atoms with Crippen LogP contribution in [0.25, 0.3) is 0 Å². The van der Waals surface area contributed by atoms with Gasteiger partial charge in [0.1, 0.15) is 17.8 Å². The Balaban J connectivity index is 0.000000317. The summed E-state index contributed by atoms with van der Waals surface area (Å²) in [6.45, 7) is 7.62. The van der Waals surface area contributed by atoms with E-state index >= 15 is 0 Å². The van der Waals surface area contributed by atoms with Gasteiger partial charge in [0.25, 0.3) is 0 Å². The van der Waals surface area contributed by atoms with Gasteiger partial charge in [-0.2, -0.15) is 0 Å². The summed E-state index contributed by atoms with van der Waals surface area (Å²) in [7, 11) is 5.03. The van der Waals surface area contributed by atoms with Gasteiger partial charge in [0.15, 0.2) is 0 Å². The van der Waals surface area contributed by atoms with E-state index < -0.39 is 0 Å². The van der Waals surface area contributed by atoms with Crippen LogP contribution in [0.4, 0.5) is 4.79 Å². The molecular weight excluding hydrogens is 482 g/mol. The molecule has 38 heavy (non-hydrogen) atoms. The number of aldehydes is 1. The fraction of sp³-hybridized carbons (Fsp3) is 0.467. The highest BCUT2D eigenvalue weighted by atomic mass is 16.5. The minimum Gasteiger partial charge on any atom is -0.497 e. The van der Waals surface area contributed by atoms with Crippen LogP contribution in [0.5, 0.6) is 11.5 Å². The van der Waals surface area contributed by atoms with Crippen LogP contribution in [-0.4, -0.2) is 75.2 Å². The summed E-state index contributed by atoms with van der Waals surface area (Å²) >= 11 is 0. The first-order valence-electron chi connectivity index (χ1n) is 13.2. The lowest BCUT2D eigenvalue weighted by atomic mass is 9.82. The van der Waals surface area contributed by atoms with Crippen LogP contribution in [0.15, 0.2) is 48.2 Å². The molecule has 1 spiro atoms. The van der Waals surface area contributed by atoms with Crippen molar-refractivity contribution in [1.82, 2.24) is 15.1 Å². The van der Waals surface area contributed by atoms with Gasteiger partial charge < -0.3 is 24.4 Å². The monoisotopic (exact) mass is 521 g/mol. The van der Waals surface area contributed by atoms with Crippen LogP contribution < -0.4 is 14.8 Å². The summed E-state index contributed by atoms with van der Waals surface area (Å²) in [5, 5.41) is 3.45. The largest absolute Gasteiger partial charge is 0.497 e. The number of piperidine rings is 1. The molecule has 0 unspecified atom stereocenters. The zero-order chi connectivity index (χ0) is 27.3. The summed E-state index contributed by atoms with van der Waals surface area (Å²) in [5.41, 5.74) is 4.94. The number of hydrogen-bond donors (Lipinski definition) is 1. The summed E-state index contributed by atoms with van der Waals surface area (Å²) in [6, 6.07) is 11.5. The Labute approximate surface area is 225 Å². The fourth-order valence-corrected chi connectivity index (χ4v) is 5.90. The third-order valence-electron chi connectivity index (χ3n) is 7.72. The molecule has 0 saturated carbocycles. The van der Waals surface area contributed by atoms with E-state index in [-0.39, 0.29) is 17.5 Å². The third kappa shape index (κ3) is 5.28. The van der Waals surface area contributed by atoms with Crippen LogP contribution in [0, 0.1) is 6.92 Å². The van der Waals surface area contributed by atoms with Crippen molar-refractivity contribution in [2.24, 2.45) is 0 Å². The standard InChI is InChI=1S/C22H31N3O4.C8H8O/c1-15-11-19-22(5-7-23-8-6-22)25(9-10-27-2)21(26)24(19)14-16-12-17(28-3)13-18(29-4)20(15)16;1-7-3-2-4-8(5-7)6-9/h11-13,15,23H,5-10,14H2,1-4H3;2-6H,1H3/t15-;/m0./s1. The maximum Gasteiger partial charge on any atom is 0.325 e. The highest BCUT2D eigenvalue weighted by Gasteiger charge is 2.54. The lowest BCUT2D eigenvalue weighted by Gasteiger charge is -2.41. The molecule has 2 amide bonds. The summed E-state index contributed by atoms with van der Waals surface area (Å²) in [6.07, 6.45) is 4.95. The minimum absolute atomic E-state index is 0.0667. The number of rotatable bonds is 6. The zero-order valence-corrected chi connectivity index (χ0v) is 23.1. The fourth-order valence-electron chi connectivity index (χ4n) is 5.90. The topological polar surface area (TPSA) is 80.3 Å². The molecule has 0 aromatic heterocycles. The first kappa shape index (κ1) is 27.7. The van der Waals surface area contributed by atoms with Gasteiger partial charge in [-0.25, -0.2) is 4.79 Å². The molecule has 1 N–H and O–H groups in total. The molecule has 3 aliphatic rings. The van der Waals surface area contributed by atoms with E-state index in [1.165, 1.54) is 0 Å². The van der Waals surface area contributed by atoms with E-state index in [1.54, 1.807) is 27.4 Å². The molecule has 0 aliphatic carbocycles. The van der Waals surface area contributed by atoms with E-state index in [0.717, 1.165) is 71.7 Å². The second-order valence-corrected chi connectivity index (χ2v) is 10.1. The molecule has 2 fully saturated rings. The number of hydrogen-bond acceptors (Lipinski definition) is 6. The van der Waals surface area contributed by atoms with Gasteiger partial charge in [-0.15, -0.1) is 0 Å². The predicted octanol–water partition coefficient (Wildman–Crippen LogP) is 4.52. The number of methoxy groups -OCH3 is 3. The SMILES string of the molecule is COCCN1C(=O)N2Cc3cc(OC)cc(OC)c3[C@@H](C)C=C2C12CCNCC2.Cc1cccc(C=O)c1. The Morgan fingerprint density at radius 2 is 1.87 bits per heavy atom. The molecule has 2 saturated heterocycles. The molecule has 8 nitrogen and oxygen atoms in total. The Morgan fingerprint density at radius 3 is 2.47 bits per heavy atom. The van der Waals surface area contributed by atoms with Crippen molar-refractivity contribution in [1.29, 1.82) is 0 Å². The molecule has 2 aromatic carbocycles. The third-order valence-corrected chi connectivity index (χ3v) is 7.72. The number of benzene rings is 2. The van der Waals surface area contributed by atoms with Crippen LogP contribution >= 0.6 is 0 Å². The number of allylic oxidation sites excluding steroid dienone is 1. The molecule has 1 atom stereocenters. The van der Waals surface area contributed by atoms with Crippen molar-refractivity contribution in [3.63, 3.8) is 0 Å². The zero-order valence-electron chi connectivity index (χ0n) is 23.1. The van der Waals surface area contributed by atoms with E-state index in [0.29, 0.717) is 19.7 Å². The lowest BCUT2D eigenvalue weighted by Crippen LogP contribution is -2.53. The van der Waals surface area contributed by atoms with Crippen molar-refractivity contribution >= 4 is 12.3 Å². The normalized spacial score (nSPS) is 19.6. The molecule has 3 heterocycles. The highest BCUT2D eigenvalue weighted by Crippen LogP contribution is 2.48. The number of amides is 2. The number of fused-ring (bicyclic) bond motifs is 3. The number of nitrogens with zero attached hydrogens (tertiary/aromatic N) is 2. The number of ether oxygens (including phenoxy) is 3. The van der Waals surface area contributed by atoms with Crippen molar-refractivity contribution in [2.75, 3.05) is 47.6 Å². The minimum atomic E-state index is -0.269. The molecule has 0 bridgehead atoms. The Hall–Kier alpha value is -3.36. The first-order chi connectivity index (χ1) is 18.4. The number of carbonyl (C=O) groups excluding carboxylic acids is 2. The average molecular weight is 522 g/mol. The van der Waals surface area contributed by atoms with Gasteiger partial charge in [0.2, 0.25) is 0 Å². The van der Waals surface area contributed by atoms with Gasteiger partial charge in [-0.05, 0) is 50.6 Å². The van der Waals surface area contributed by atoms with Gasteiger partial charge in [-0.1, -0.05) is 36.8 Å². The van der Waals surface area contributed by atoms with Crippen molar-refractivity contribution in [3.05, 3.63) is 70.4 Å². The highest BCUT2D eigenvalue weighted by molar-refractivity contribution is 5.83. The quantitative estimate of drug-likeness (QED) is 0.563. The molecule has 204 valence electrons. The van der Waals surface area contributed by atoms with Crippen molar-refractivity contribution < 1.29 is 23.8 Å². The van der Waals surface area contributed by atoms with Crippen LogP contribution in [0.1, 0.15) is 52.7 Å². The van der Waals surface area contributed by atoms with Crippen LogP contribution in [0.3, 0.4) is 0 Å². The molecule has 5 rings (SSSR count). The van der Waals surface area contributed by atoms with Gasteiger partial charge in [0.05, 0.1) is 32.9 Å². The van der Waals surface area contributed by atoms with Crippen molar-refractivity contribution in [3.8, 4) is 11.5 Å². The maximum atomic E-state index is 13.6. The maximum absolute atomic E-state index is 13.6. The number of carbonyl (C=O) groups is 2. The predicted molar refractivity (Wildman–Crippen MR) is 147 cm³/mol. The second kappa shape index (κ2) is 12.0. The van der Waals surface area contributed by atoms with Crippen LogP contribution in [0.2, 0.25) is 0 Å². The molecule has 0 radical (unpaired) electrons. The van der Waals surface area contributed by atoms with E-state index in [9.17, 15) is 9.59 Å². The number of aryl methyl sites for hydroxylation is 1. The Bertz CT molecular complexity index is 1190. The lowest BCUT2D eigenvalue weighted by molar-refractivity contribution is 0.0998. The summed E-state index contributed by atoms with van der Waals surface area (Å²) < 4.78 is 16.5. The Kier molecular flexibility index (Phi) is 8.74. The summed E-state index contributed by atoms with van der Waals surface area (Å²) in [5.74, 6) is 1.69. The molecule has 3 aliphatic heterocycles. The van der Waals surface area contributed by atoms with E-state index in [2.05, 4.69) is 18.3 Å². The Morgan fingerprint density at radius 1 is 1.11 bits per heavy atom. The average Bonchev–Trinajstić information content (AvgIpc) is 3.04. The number of urea groups is 1. The number of nitrogens with one attached hydrogen (secondary N) is 1. The first-order valence-corrected chi connectivity index (χ1v) is 13.2. The van der Waals surface area contributed by atoms with Gasteiger partial charge in [0, 0.05) is 42.5 Å². The van der Waals surface area contributed by atoms with Gasteiger partial charge >= 0.3 is 6.03 Å². The van der Waals surface area contributed by atoms with Crippen molar-refractivity contribution in [2.45, 2.75) is 44.7 Å².